The molecule has 0 saturated heterocycles. The lowest BCUT2D eigenvalue weighted by atomic mass is 9.97. The van der Waals surface area contributed by atoms with Crippen molar-refractivity contribution in [2.45, 2.75) is 26.4 Å². The molecule has 0 nitrogen and oxygen atoms in total. The molecule has 0 unspecified atom stereocenters. The van der Waals surface area contributed by atoms with Gasteiger partial charge in [0.25, 0.3) is 0 Å². The molecule has 0 aliphatic carbocycles. The average molecular weight is 166 g/mol. The van der Waals surface area contributed by atoms with E-state index in [1.807, 2.05) is 0 Å². The maximum Gasteiger partial charge on any atom is 0.395 e. The Kier molecular flexibility index (Phi) is 3.63. The third kappa shape index (κ3) is 4.06. The minimum Gasteiger partial charge on any atom is -0.170 e. The number of halogens is 3. The molecule has 0 aromatic rings. The Labute approximate surface area is 65.1 Å². The Morgan fingerprint density at radius 1 is 1.36 bits per heavy atom. The molecular formula is C8H13F3. The number of allylic oxidation sites excluding steroid dienone is 1. The van der Waals surface area contributed by atoms with Gasteiger partial charge in [0.2, 0.25) is 0 Å². The Morgan fingerprint density at radius 3 is 1.91 bits per heavy atom. The monoisotopic (exact) mass is 166 g/mol. The molecule has 11 heavy (non-hydrogen) atoms. The largest absolute Gasteiger partial charge is 0.395 e. The molecule has 0 amide bonds. The minimum atomic E-state index is -4.12. The minimum absolute atomic E-state index is 0.0552. The van der Waals surface area contributed by atoms with Crippen molar-refractivity contribution >= 4 is 0 Å². The summed E-state index contributed by atoms with van der Waals surface area (Å²) in [7, 11) is 0. The van der Waals surface area contributed by atoms with Crippen molar-refractivity contribution in [1.82, 2.24) is 0 Å². The first kappa shape index (κ1) is 10.5. The molecule has 0 saturated carbocycles. The van der Waals surface area contributed by atoms with Gasteiger partial charge in [-0.2, -0.15) is 13.2 Å². The molecule has 0 N–H and O–H groups in total. The fourth-order valence-corrected chi connectivity index (χ4v) is 0.871. The van der Waals surface area contributed by atoms with E-state index in [-0.39, 0.29) is 12.3 Å². The molecule has 0 bridgehead atoms. The lowest BCUT2D eigenvalue weighted by molar-refractivity contribution is -0.164. The predicted octanol–water partition coefficient (Wildman–Crippen LogP) is 3.40. The van der Waals surface area contributed by atoms with Crippen molar-refractivity contribution in [3.63, 3.8) is 0 Å². The molecule has 0 spiro atoms. The zero-order valence-electron chi connectivity index (χ0n) is 6.78. The van der Waals surface area contributed by atoms with E-state index in [1.165, 1.54) is 0 Å². The Bertz CT molecular complexity index is 124. The van der Waals surface area contributed by atoms with Crippen LogP contribution in [0.2, 0.25) is 0 Å². The van der Waals surface area contributed by atoms with E-state index < -0.39 is 12.1 Å². The van der Waals surface area contributed by atoms with E-state index in [0.717, 1.165) is 6.08 Å². The summed E-state index contributed by atoms with van der Waals surface area (Å²) in [6.07, 6.45) is -3.01. The lowest BCUT2D eigenvalue weighted by Crippen LogP contribution is -2.22. The summed E-state index contributed by atoms with van der Waals surface area (Å²) in [5.41, 5.74) is 0. The number of hydrogen-bond donors (Lipinski definition) is 0. The summed E-state index contributed by atoms with van der Waals surface area (Å²) in [5, 5.41) is 0. The van der Waals surface area contributed by atoms with Crippen molar-refractivity contribution in [3.8, 4) is 0 Å². The van der Waals surface area contributed by atoms with E-state index in [0.29, 0.717) is 0 Å². The van der Waals surface area contributed by atoms with Crippen LogP contribution in [-0.4, -0.2) is 6.18 Å². The third-order valence-corrected chi connectivity index (χ3v) is 1.43. The van der Waals surface area contributed by atoms with Crippen LogP contribution in [0.4, 0.5) is 13.2 Å². The first-order valence-corrected chi connectivity index (χ1v) is 3.57. The fourth-order valence-electron chi connectivity index (χ4n) is 0.871. The van der Waals surface area contributed by atoms with Crippen LogP contribution in [0.5, 0.6) is 0 Å². The second-order valence-corrected chi connectivity index (χ2v) is 3.01. The Hall–Kier alpha value is -0.470. The zero-order valence-corrected chi connectivity index (χ0v) is 6.78. The molecule has 0 aromatic carbocycles. The first-order valence-electron chi connectivity index (χ1n) is 3.57. The van der Waals surface area contributed by atoms with Gasteiger partial charge in [0, 0.05) is 0 Å². The molecule has 0 aromatic heterocycles. The topological polar surface area (TPSA) is 0 Å². The van der Waals surface area contributed by atoms with E-state index in [9.17, 15) is 13.2 Å². The van der Waals surface area contributed by atoms with Gasteiger partial charge >= 0.3 is 6.18 Å². The Morgan fingerprint density at radius 2 is 1.82 bits per heavy atom. The summed E-state index contributed by atoms with van der Waals surface area (Å²) in [6.45, 7) is 6.69. The van der Waals surface area contributed by atoms with Gasteiger partial charge in [0.1, 0.15) is 0 Å². The van der Waals surface area contributed by atoms with E-state index in [1.54, 1.807) is 13.8 Å². The normalized spacial score (nSPS) is 15.1. The molecule has 1 atom stereocenters. The summed E-state index contributed by atoms with van der Waals surface area (Å²) in [4.78, 5) is 0. The molecule has 0 aliphatic heterocycles. The second-order valence-electron chi connectivity index (χ2n) is 3.01. The maximum absolute atomic E-state index is 12.0. The molecule has 66 valence electrons. The number of rotatable bonds is 3. The van der Waals surface area contributed by atoms with Gasteiger partial charge in [-0.15, -0.1) is 6.58 Å². The van der Waals surface area contributed by atoms with Gasteiger partial charge in [-0.1, -0.05) is 19.9 Å². The van der Waals surface area contributed by atoms with Gasteiger partial charge in [-0.05, 0) is 12.3 Å². The first-order chi connectivity index (χ1) is 4.88. The van der Waals surface area contributed by atoms with Crippen LogP contribution in [-0.2, 0) is 0 Å². The van der Waals surface area contributed by atoms with Crippen molar-refractivity contribution < 1.29 is 13.2 Å². The molecule has 0 heterocycles. The highest BCUT2D eigenvalue weighted by molar-refractivity contribution is 4.85. The van der Waals surface area contributed by atoms with Crippen LogP contribution in [0.3, 0.4) is 0 Å². The van der Waals surface area contributed by atoms with Gasteiger partial charge in [0.15, 0.2) is 0 Å². The molecule has 3 heteroatoms. The van der Waals surface area contributed by atoms with Crippen LogP contribution in [0.1, 0.15) is 20.3 Å². The van der Waals surface area contributed by atoms with Gasteiger partial charge in [0.05, 0.1) is 5.92 Å². The van der Waals surface area contributed by atoms with Gasteiger partial charge in [-0.25, -0.2) is 0 Å². The molecular weight excluding hydrogens is 153 g/mol. The second kappa shape index (κ2) is 3.79. The lowest BCUT2D eigenvalue weighted by Gasteiger charge is -2.17. The van der Waals surface area contributed by atoms with E-state index >= 15 is 0 Å². The van der Waals surface area contributed by atoms with E-state index in [2.05, 4.69) is 6.58 Å². The SMILES string of the molecule is C=C[C@@H](CC(C)C)C(F)(F)F. The van der Waals surface area contributed by atoms with Crippen molar-refractivity contribution in [3.05, 3.63) is 12.7 Å². The third-order valence-electron chi connectivity index (χ3n) is 1.43. The van der Waals surface area contributed by atoms with Crippen LogP contribution in [0.25, 0.3) is 0 Å². The number of hydrogen-bond acceptors (Lipinski definition) is 0. The molecule has 0 aliphatic rings. The maximum atomic E-state index is 12.0. The average Bonchev–Trinajstić information content (AvgIpc) is 1.79. The van der Waals surface area contributed by atoms with Crippen LogP contribution < -0.4 is 0 Å². The highest BCUT2D eigenvalue weighted by Gasteiger charge is 2.37. The predicted molar refractivity (Wildman–Crippen MR) is 39.2 cm³/mol. The standard InChI is InChI=1S/C8H13F3/c1-4-7(5-6(2)3)8(9,10)11/h4,6-7H,1,5H2,2-3H3/t7-/m0/s1. The summed E-state index contributed by atoms with van der Waals surface area (Å²) >= 11 is 0. The smallest absolute Gasteiger partial charge is 0.170 e. The highest BCUT2D eigenvalue weighted by Crippen LogP contribution is 2.31. The van der Waals surface area contributed by atoms with Crippen molar-refractivity contribution in [2.75, 3.05) is 0 Å². The van der Waals surface area contributed by atoms with Crippen LogP contribution in [0, 0.1) is 11.8 Å². The molecule has 0 radical (unpaired) electrons. The summed E-state index contributed by atoms with van der Waals surface area (Å²) in [6, 6.07) is 0. The summed E-state index contributed by atoms with van der Waals surface area (Å²) in [5.74, 6) is -1.29. The van der Waals surface area contributed by atoms with Gasteiger partial charge < -0.3 is 0 Å². The highest BCUT2D eigenvalue weighted by atomic mass is 19.4. The zero-order chi connectivity index (χ0) is 9.07. The Balaban J connectivity index is 4.07. The molecule has 0 rings (SSSR count). The van der Waals surface area contributed by atoms with Gasteiger partial charge in [-0.3, -0.25) is 0 Å². The van der Waals surface area contributed by atoms with Crippen LogP contribution in [0.15, 0.2) is 12.7 Å². The van der Waals surface area contributed by atoms with Crippen LogP contribution >= 0.6 is 0 Å². The summed E-state index contributed by atoms with van der Waals surface area (Å²) < 4.78 is 36.0. The van der Waals surface area contributed by atoms with Crippen molar-refractivity contribution in [2.24, 2.45) is 11.8 Å². The quantitative estimate of drug-likeness (QED) is 0.564. The number of alkyl halides is 3. The fraction of sp³-hybridized carbons (Fsp3) is 0.750. The van der Waals surface area contributed by atoms with Crippen molar-refractivity contribution in [1.29, 1.82) is 0 Å². The van der Waals surface area contributed by atoms with E-state index in [4.69, 9.17) is 0 Å². The molecule has 0 fully saturated rings.